The summed E-state index contributed by atoms with van der Waals surface area (Å²) in [6, 6.07) is 3.31. The van der Waals surface area contributed by atoms with Gasteiger partial charge in [0.05, 0.1) is 29.2 Å². The lowest BCUT2D eigenvalue weighted by atomic mass is 10.1. The summed E-state index contributed by atoms with van der Waals surface area (Å²) in [5.41, 5.74) is -0.273. The maximum atomic E-state index is 13.0. The number of benzene rings is 1. The van der Waals surface area contributed by atoms with Gasteiger partial charge in [-0.25, -0.2) is 9.59 Å². The Labute approximate surface area is 356 Å². The van der Waals surface area contributed by atoms with E-state index in [0.717, 1.165) is 57.1 Å². The molecule has 0 saturated heterocycles. The summed E-state index contributed by atoms with van der Waals surface area (Å²) in [5.74, 6) is -1.50. The number of hydrogen-bond acceptors (Lipinski definition) is 6. The van der Waals surface area contributed by atoms with Crippen molar-refractivity contribution in [1.29, 1.82) is 0 Å². The molecule has 0 aliphatic rings. The molecule has 0 spiro atoms. The van der Waals surface area contributed by atoms with E-state index in [1.165, 1.54) is 173 Å². The Balaban J connectivity index is 2.18. The Morgan fingerprint density at radius 1 is 0.448 bits per heavy atom. The quantitative estimate of drug-likeness (QED) is 0.0303. The van der Waals surface area contributed by atoms with E-state index < -0.39 is 27.0 Å². The van der Waals surface area contributed by atoms with Crippen molar-refractivity contribution in [3.8, 4) is 0 Å². The first-order valence-corrected chi connectivity index (χ1v) is 25.5. The van der Waals surface area contributed by atoms with Gasteiger partial charge in [0.2, 0.25) is 0 Å². The summed E-state index contributed by atoms with van der Waals surface area (Å²) in [5, 5.41) is 0. The Kier molecular flexibility index (Phi) is 35.8. The summed E-state index contributed by atoms with van der Waals surface area (Å²) >= 11 is 0. The van der Waals surface area contributed by atoms with Crippen LogP contribution in [0, 0.1) is 0 Å². The van der Waals surface area contributed by atoms with Crippen LogP contribution < -0.4 is 0 Å². The molecule has 1 rings (SSSR count). The van der Waals surface area contributed by atoms with Gasteiger partial charge in [-0.15, -0.1) is 0 Å². The smallest absolute Gasteiger partial charge is 0.339 e. The number of carbonyl (C=O) groups excluding carboxylic acids is 2. The van der Waals surface area contributed by atoms with Crippen LogP contribution in [0.2, 0.25) is 0 Å². The first-order valence-electron chi connectivity index (χ1n) is 24.1. The van der Waals surface area contributed by atoms with Crippen molar-refractivity contribution in [3.63, 3.8) is 0 Å². The monoisotopic (exact) mass is 831 g/mol. The summed E-state index contributed by atoms with van der Waals surface area (Å²) in [6.07, 6.45) is 50.9. The van der Waals surface area contributed by atoms with Gasteiger partial charge in [0.25, 0.3) is 10.1 Å². The molecule has 0 fully saturated rings. The van der Waals surface area contributed by atoms with Crippen molar-refractivity contribution < 1.29 is 32.0 Å². The largest absolute Gasteiger partial charge is 0.462 e. The molecular formula is C50H86O7S. The van der Waals surface area contributed by atoms with Gasteiger partial charge >= 0.3 is 11.9 Å². The molecule has 0 aliphatic carbocycles. The van der Waals surface area contributed by atoms with E-state index in [2.05, 4.69) is 38.2 Å². The molecule has 0 aliphatic heterocycles. The molecule has 0 amide bonds. The molecule has 7 nitrogen and oxygen atoms in total. The average Bonchev–Trinajstić information content (AvgIpc) is 3.21. The van der Waals surface area contributed by atoms with Crippen LogP contribution in [-0.4, -0.2) is 38.1 Å². The minimum Gasteiger partial charge on any atom is -0.462 e. The van der Waals surface area contributed by atoms with Crippen molar-refractivity contribution in [2.24, 2.45) is 0 Å². The van der Waals surface area contributed by atoms with E-state index in [4.69, 9.17) is 9.47 Å². The molecule has 0 heterocycles. The zero-order valence-corrected chi connectivity index (χ0v) is 38.1. The molecule has 0 radical (unpaired) electrons. The van der Waals surface area contributed by atoms with Gasteiger partial charge in [-0.05, 0) is 82.4 Å². The summed E-state index contributed by atoms with van der Waals surface area (Å²) in [4.78, 5) is 25.4. The highest BCUT2D eigenvalue weighted by molar-refractivity contribution is 7.85. The molecule has 1 aromatic rings. The zero-order chi connectivity index (χ0) is 42.2. The molecule has 1 N–H and O–H groups in total. The van der Waals surface area contributed by atoms with Gasteiger partial charge in [0.1, 0.15) is 0 Å². The Bertz CT molecular complexity index is 1300. The number of esters is 2. The van der Waals surface area contributed by atoms with E-state index in [0.29, 0.717) is 6.42 Å². The van der Waals surface area contributed by atoms with Crippen molar-refractivity contribution in [2.75, 3.05) is 13.2 Å². The van der Waals surface area contributed by atoms with E-state index in [-0.39, 0.29) is 24.3 Å². The van der Waals surface area contributed by atoms with Gasteiger partial charge in [-0.3, -0.25) is 4.55 Å². The number of ether oxygens (including phenoxy) is 2. The number of carbonyl (C=O) groups is 2. The lowest BCUT2D eigenvalue weighted by molar-refractivity contribution is 0.0450. The van der Waals surface area contributed by atoms with E-state index in [9.17, 15) is 22.6 Å². The second-order valence-corrected chi connectivity index (χ2v) is 17.9. The van der Waals surface area contributed by atoms with Crippen LogP contribution in [-0.2, 0) is 19.6 Å². The summed E-state index contributed by atoms with van der Waals surface area (Å²) in [7, 11) is -4.57. The van der Waals surface area contributed by atoms with Crippen molar-refractivity contribution >= 4 is 22.1 Å². The molecule has 0 aromatic heterocycles. The fourth-order valence-electron chi connectivity index (χ4n) is 7.28. The molecule has 0 saturated carbocycles. The van der Waals surface area contributed by atoms with E-state index >= 15 is 0 Å². The number of allylic oxidation sites excluding steroid dienone is 4. The Hall–Kier alpha value is -2.45. The molecule has 1 aromatic carbocycles. The third-order valence-corrected chi connectivity index (χ3v) is 11.9. The molecule has 0 bridgehead atoms. The predicted octanol–water partition coefficient (Wildman–Crippen LogP) is 15.7. The van der Waals surface area contributed by atoms with Crippen molar-refractivity contribution in [3.05, 3.63) is 53.6 Å². The third-order valence-electron chi connectivity index (χ3n) is 11.0. The minimum absolute atomic E-state index is 0.0614. The van der Waals surface area contributed by atoms with Crippen LogP contribution in [0.1, 0.15) is 253 Å². The van der Waals surface area contributed by atoms with E-state index in [1.807, 2.05) is 0 Å². The fourth-order valence-corrected chi connectivity index (χ4v) is 7.78. The lowest BCUT2D eigenvalue weighted by Crippen LogP contribution is -2.16. The first kappa shape index (κ1) is 53.6. The van der Waals surface area contributed by atoms with Gasteiger partial charge < -0.3 is 9.47 Å². The standard InChI is InChI=1S/C50H86O7S/c1-3-5-7-9-11-13-15-17-19-21-23-25-27-29-31-33-35-37-39-43-56-49(51)47-42-41-46(58(53,54)55)45-48(47)50(52)57-44-40-38-36-34-32-30-28-26-24-22-20-18-16-14-12-10-8-6-4-2/h19-22,41-42,45H,3-18,23-40,43-44H2,1-2H3,(H,53,54,55)/b21-19+,22-20+. The summed E-state index contributed by atoms with van der Waals surface area (Å²) in [6.45, 7) is 4.92. The third kappa shape index (κ3) is 31.5. The number of rotatable bonds is 41. The maximum absolute atomic E-state index is 13.0. The van der Waals surface area contributed by atoms with Gasteiger partial charge in [-0.2, -0.15) is 8.42 Å². The molecule has 0 atom stereocenters. The van der Waals surface area contributed by atoms with Crippen molar-refractivity contribution in [1.82, 2.24) is 0 Å². The number of hydrogen-bond donors (Lipinski definition) is 1. The summed E-state index contributed by atoms with van der Waals surface area (Å²) < 4.78 is 44.0. The Morgan fingerprint density at radius 2 is 0.741 bits per heavy atom. The molecular weight excluding hydrogens is 745 g/mol. The predicted molar refractivity (Wildman–Crippen MR) is 243 cm³/mol. The topological polar surface area (TPSA) is 107 Å². The minimum atomic E-state index is -4.57. The molecule has 0 unspecified atom stereocenters. The lowest BCUT2D eigenvalue weighted by Gasteiger charge is -2.11. The van der Waals surface area contributed by atoms with Crippen LogP contribution in [0.5, 0.6) is 0 Å². The zero-order valence-electron chi connectivity index (χ0n) is 37.3. The molecule has 8 heteroatoms. The highest BCUT2D eigenvalue weighted by Gasteiger charge is 2.23. The highest BCUT2D eigenvalue weighted by Crippen LogP contribution is 2.20. The van der Waals surface area contributed by atoms with Crippen molar-refractivity contribution in [2.45, 2.75) is 237 Å². The first-order chi connectivity index (χ1) is 28.3. The SMILES string of the molecule is CCCCCCCCC/C=C/CCCCCCCCCCOC(=O)c1ccc(S(=O)(=O)O)cc1C(=O)OCCCCCCCCCC/C=C/CCCCCCCCC. The van der Waals surface area contributed by atoms with Crippen LogP contribution >= 0.6 is 0 Å². The average molecular weight is 831 g/mol. The fraction of sp³-hybridized carbons (Fsp3) is 0.760. The second kappa shape index (κ2) is 38.7. The molecule has 58 heavy (non-hydrogen) atoms. The maximum Gasteiger partial charge on any atom is 0.339 e. The normalized spacial score (nSPS) is 11.9. The van der Waals surface area contributed by atoms with Gasteiger partial charge in [-0.1, -0.05) is 192 Å². The number of unbranched alkanes of at least 4 members (excludes halogenated alkanes) is 30. The second-order valence-electron chi connectivity index (χ2n) is 16.5. The van der Waals surface area contributed by atoms with E-state index in [1.54, 1.807) is 0 Å². The van der Waals surface area contributed by atoms with Crippen LogP contribution in [0.25, 0.3) is 0 Å². The highest BCUT2D eigenvalue weighted by atomic mass is 32.2. The van der Waals surface area contributed by atoms with Crippen LogP contribution in [0.4, 0.5) is 0 Å². The van der Waals surface area contributed by atoms with Crippen LogP contribution in [0.3, 0.4) is 0 Å². The van der Waals surface area contributed by atoms with Gasteiger partial charge in [0.15, 0.2) is 0 Å². The van der Waals surface area contributed by atoms with Crippen LogP contribution in [0.15, 0.2) is 47.4 Å². The Morgan fingerprint density at radius 3 is 1.07 bits per heavy atom. The van der Waals surface area contributed by atoms with Gasteiger partial charge in [0, 0.05) is 0 Å². The molecule has 334 valence electrons.